The first-order chi connectivity index (χ1) is 19.1. The van der Waals surface area contributed by atoms with Gasteiger partial charge in [-0.1, -0.05) is 15.9 Å². The number of nitrogens with two attached hydrogens (primary N) is 1. The fraction of sp³-hybridized carbons (Fsp3) is 0.478. The maximum atomic E-state index is 14.5. The summed E-state index contributed by atoms with van der Waals surface area (Å²) in [6.45, 7) is 3.33. The Kier molecular flexibility index (Phi) is 6.95. The summed E-state index contributed by atoms with van der Waals surface area (Å²) in [5, 5.41) is 0. The number of nitrogen functional groups attached to an aromatic ring is 1. The summed E-state index contributed by atoms with van der Waals surface area (Å²) < 4.78 is 69.5. The quantitative estimate of drug-likeness (QED) is 0.287. The van der Waals surface area contributed by atoms with Crippen LogP contribution >= 0.6 is 23.8 Å². The van der Waals surface area contributed by atoms with Gasteiger partial charge < -0.3 is 24.7 Å². The van der Waals surface area contributed by atoms with Crippen LogP contribution in [0.1, 0.15) is 38.2 Å². The van der Waals surface area contributed by atoms with Crippen LogP contribution in [0.2, 0.25) is 0 Å². The van der Waals surface area contributed by atoms with Gasteiger partial charge in [0.1, 0.15) is 18.2 Å². The molecular weight excluding hydrogens is 620 g/mol. The van der Waals surface area contributed by atoms with E-state index in [1.807, 2.05) is 0 Å². The van der Waals surface area contributed by atoms with Crippen molar-refractivity contribution in [2.24, 2.45) is 0 Å². The second-order valence-electron chi connectivity index (χ2n) is 9.37. The highest BCUT2D eigenvalue weighted by molar-refractivity contribution is 9.10. The molecule has 5 heterocycles. The van der Waals surface area contributed by atoms with Crippen LogP contribution in [0, 0.1) is 5.82 Å². The molecule has 214 valence electrons. The third kappa shape index (κ3) is 4.72. The smallest absolute Gasteiger partial charge is 0.476 e. The Balaban J connectivity index is 1.25. The van der Waals surface area contributed by atoms with E-state index in [2.05, 4.69) is 30.9 Å². The molecule has 0 unspecified atom stereocenters. The monoisotopic (exact) mass is 643 g/mol. The van der Waals surface area contributed by atoms with Crippen LogP contribution in [-0.4, -0.2) is 63.3 Å². The van der Waals surface area contributed by atoms with Gasteiger partial charge in [-0.25, -0.2) is 18.7 Å². The Morgan fingerprint density at radius 1 is 1.35 bits per heavy atom. The minimum absolute atomic E-state index is 0.00561. The van der Waals surface area contributed by atoms with Gasteiger partial charge in [0.25, 0.3) is 0 Å². The number of hydrogen-bond donors (Lipinski definition) is 1. The molecule has 0 bridgehead atoms. The first kappa shape index (κ1) is 27.3. The molecule has 2 aromatic heterocycles. The molecular formula is C23H24BrFN5O9P. The van der Waals surface area contributed by atoms with Crippen molar-refractivity contribution in [1.29, 1.82) is 0 Å². The number of carbonyl (C=O) groups is 1. The van der Waals surface area contributed by atoms with Crippen molar-refractivity contribution in [3.63, 3.8) is 0 Å². The van der Waals surface area contributed by atoms with Gasteiger partial charge in [0.2, 0.25) is 11.8 Å². The standard InChI is InChI=1S/C23H24BrFN5O9P/c1-3-33-19-16-18(28-21(26)29-19)27-10-30(16)20-23(2)17(37-22(31)38-23)15(36-20)9-35-40(32)34-7-6-14(39-40)12-8-11(24)4-5-13(12)25/h4-5,8,10,14-15,17,20H,3,6-7,9H2,1-2H3,(H2,26,28,29)/t14-,15-,17-,20-,23-,40+/m1/s1. The third-order valence-corrected chi connectivity index (χ3v) is 8.73. The van der Waals surface area contributed by atoms with E-state index in [0.29, 0.717) is 9.99 Å². The number of nitrogens with zero attached hydrogens (tertiary/aromatic N) is 4. The fourth-order valence-corrected chi connectivity index (χ4v) is 6.78. The number of benzene rings is 1. The molecule has 0 radical (unpaired) electrons. The summed E-state index contributed by atoms with van der Waals surface area (Å²) in [5.74, 6) is -0.382. The zero-order chi connectivity index (χ0) is 28.2. The molecule has 3 saturated heterocycles. The number of carbonyl (C=O) groups excluding carboxylic acids is 1. The summed E-state index contributed by atoms with van der Waals surface area (Å²) in [6.07, 6.45) is -3.02. The molecule has 17 heteroatoms. The second kappa shape index (κ2) is 10.2. The number of phosphoric ester groups is 1. The number of rotatable bonds is 7. The largest absolute Gasteiger partial charge is 0.509 e. The van der Waals surface area contributed by atoms with Gasteiger partial charge in [-0.05, 0) is 32.0 Å². The first-order valence-corrected chi connectivity index (χ1v) is 14.6. The van der Waals surface area contributed by atoms with Gasteiger partial charge in [0.15, 0.2) is 29.1 Å². The van der Waals surface area contributed by atoms with E-state index >= 15 is 0 Å². The average molecular weight is 644 g/mol. The normalized spacial score (nSPS) is 31.6. The Morgan fingerprint density at radius 2 is 2.17 bits per heavy atom. The lowest BCUT2D eigenvalue weighted by Gasteiger charge is -2.30. The molecule has 2 N–H and O–H groups in total. The lowest BCUT2D eigenvalue weighted by Crippen LogP contribution is -2.42. The Morgan fingerprint density at radius 3 is 2.98 bits per heavy atom. The number of imidazole rings is 1. The van der Waals surface area contributed by atoms with Crippen molar-refractivity contribution in [1.82, 2.24) is 19.5 Å². The van der Waals surface area contributed by atoms with E-state index in [1.165, 1.54) is 12.4 Å². The van der Waals surface area contributed by atoms with Crippen molar-refractivity contribution < 1.29 is 46.3 Å². The summed E-state index contributed by atoms with van der Waals surface area (Å²) in [5.41, 5.74) is 5.25. The predicted molar refractivity (Wildman–Crippen MR) is 137 cm³/mol. The molecule has 3 aromatic rings. The van der Waals surface area contributed by atoms with E-state index in [9.17, 15) is 13.8 Å². The molecule has 6 rings (SSSR count). The maximum Gasteiger partial charge on any atom is 0.509 e. The molecule has 14 nitrogen and oxygen atoms in total. The highest BCUT2D eigenvalue weighted by Gasteiger charge is 2.64. The predicted octanol–water partition coefficient (Wildman–Crippen LogP) is 4.20. The Labute approximate surface area is 234 Å². The Hall–Kier alpha value is -2.88. The highest BCUT2D eigenvalue weighted by atomic mass is 79.9. The molecule has 0 spiro atoms. The van der Waals surface area contributed by atoms with Crippen LogP contribution in [-0.2, 0) is 32.3 Å². The van der Waals surface area contributed by atoms with Crippen molar-refractivity contribution in [3.05, 3.63) is 40.4 Å². The van der Waals surface area contributed by atoms with Gasteiger partial charge in [-0.3, -0.25) is 18.1 Å². The lowest BCUT2D eigenvalue weighted by atomic mass is 9.96. The molecule has 1 aromatic carbocycles. The van der Waals surface area contributed by atoms with E-state index < -0.39 is 49.9 Å². The van der Waals surface area contributed by atoms with E-state index in [4.69, 9.17) is 38.3 Å². The lowest BCUT2D eigenvalue weighted by molar-refractivity contribution is -0.0925. The fourth-order valence-electron chi connectivity index (χ4n) is 5.02. The van der Waals surface area contributed by atoms with Crippen molar-refractivity contribution in [2.45, 2.75) is 50.4 Å². The first-order valence-electron chi connectivity index (χ1n) is 12.3. The van der Waals surface area contributed by atoms with Crippen LogP contribution in [0.5, 0.6) is 5.88 Å². The van der Waals surface area contributed by atoms with Gasteiger partial charge >= 0.3 is 14.0 Å². The number of phosphoric acid groups is 1. The van der Waals surface area contributed by atoms with E-state index in [0.717, 1.165) is 0 Å². The molecule has 0 aliphatic carbocycles. The summed E-state index contributed by atoms with van der Waals surface area (Å²) in [4.78, 5) is 24.8. The average Bonchev–Trinajstić information content (AvgIpc) is 3.53. The molecule has 3 aliphatic heterocycles. The van der Waals surface area contributed by atoms with Gasteiger partial charge in [0.05, 0.1) is 25.9 Å². The minimum Gasteiger partial charge on any atom is -0.476 e. The van der Waals surface area contributed by atoms with Crippen LogP contribution in [0.4, 0.5) is 15.1 Å². The molecule has 0 saturated carbocycles. The summed E-state index contributed by atoms with van der Waals surface area (Å²) in [7, 11) is -4.15. The zero-order valence-electron chi connectivity index (χ0n) is 21.2. The topological polar surface area (TPSA) is 168 Å². The van der Waals surface area contributed by atoms with Crippen molar-refractivity contribution >= 4 is 47.0 Å². The van der Waals surface area contributed by atoms with Crippen LogP contribution in [0.3, 0.4) is 0 Å². The number of fused-ring (bicyclic) bond motifs is 2. The van der Waals surface area contributed by atoms with Crippen molar-refractivity contribution in [2.75, 3.05) is 25.6 Å². The van der Waals surface area contributed by atoms with E-state index in [1.54, 1.807) is 30.5 Å². The highest BCUT2D eigenvalue weighted by Crippen LogP contribution is 2.58. The summed E-state index contributed by atoms with van der Waals surface area (Å²) >= 11 is 3.30. The zero-order valence-corrected chi connectivity index (χ0v) is 23.7. The Bertz CT molecular complexity index is 1530. The molecule has 3 fully saturated rings. The van der Waals surface area contributed by atoms with Crippen LogP contribution in [0.15, 0.2) is 29.0 Å². The second-order valence-corrected chi connectivity index (χ2v) is 11.9. The van der Waals surface area contributed by atoms with Gasteiger partial charge in [-0.2, -0.15) is 9.97 Å². The van der Waals surface area contributed by atoms with Gasteiger partial charge in [-0.15, -0.1) is 0 Å². The molecule has 0 amide bonds. The number of halogens is 2. The SMILES string of the molecule is CCOc1nc(N)nc2ncn([C@@H]3O[C@H](CO[P@]4(=O)OCC[C@H](c5cc(Br)ccc5F)O4)[C@H]4OC(=O)O[C@]43C)c12. The maximum absolute atomic E-state index is 14.5. The molecule has 40 heavy (non-hydrogen) atoms. The van der Waals surface area contributed by atoms with Crippen molar-refractivity contribution in [3.8, 4) is 5.88 Å². The number of hydrogen-bond acceptors (Lipinski definition) is 13. The molecule has 3 aliphatic rings. The number of aromatic nitrogens is 4. The minimum atomic E-state index is -4.15. The third-order valence-electron chi connectivity index (χ3n) is 6.76. The van der Waals surface area contributed by atoms with Crippen LogP contribution in [0.25, 0.3) is 11.2 Å². The van der Waals surface area contributed by atoms with Crippen LogP contribution < -0.4 is 10.5 Å². The number of ether oxygens (including phenoxy) is 4. The number of anilines is 1. The van der Waals surface area contributed by atoms with Gasteiger partial charge in [0, 0.05) is 16.5 Å². The molecule has 6 atom stereocenters. The summed E-state index contributed by atoms with van der Waals surface area (Å²) in [6, 6.07) is 4.37. The van der Waals surface area contributed by atoms with E-state index in [-0.39, 0.29) is 49.3 Å².